The van der Waals surface area contributed by atoms with E-state index in [1.807, 2.05) is 19.3 Å². The Morgan fingerprint density at radius 1 is 1.41 bits per heavy atom. The van der Waals surface area contributed by atoms with Gasteiger partial charge < -0.3 is 14.4 Å². The van der Waals surface area contributed by atoms with Crippen molar-refractivity contribution in [2.24, 2.45) is 0 Å². The van der Waals surface area contributed by atoms with Crippen LogP contribution in [0.15, 0.2) is 16.9 Å². The van der Waals surface area contributed by atoms with Crippen molar-refractivity contribution in [2.75, 3.05) is 6.54 Å². The molecule has 2 rings (SSSR count). The minimum absolute atomic E-state index is 0.686. The van der Waals surface area contributed by atoms with Crippen LogP contribution in [0, 0.1) is 13.8 Å². The molecule has 2 aromatic heterocycles. The Kier molecular flexibility index (Phi) is 3.58. The fourth-order valence-corrected chi connectivity index (χ4v) is 1.64. The van der Waals surface area contributed by atoms with Crippen molar-refractivity contribution < 1.29 is 4.52 Å². The highest BCUT2D eigenvalue weighted by atomic mass is 16.5. The molecule has 5 nitrogen and oxygen atoms in total. The van der Waals surface area contributed by atoms with Crippen LogP contribution in [0.1, 0.15) is 29.8 Å². The molecule has 0 aliphatic carbocycles. The van der Waals surface area contributed by atoms with E-state index in [1.165, 1.54) is 0 Å². The molecule has 92 valence electrons. The molecular formula is C12H18N4O. The number of aromatic nitrogens is 3. The Morgan fingerprint density at radius 2 is 2.24 bits per heavy atom. The van der Waals surface area contributed by atoms with E-state index >= 15 is 0 Å². The highest BCUT2D eigenvalue weighted by Gasteiger charge is 2.07. The second-order valence-electron chi connectivity index (χ2n) is 4.11. The molecule has 0 aliphatic rings. The number of hydrogen-bond acceptors (Lipinski definition) is 4. The second kappa shape index (κ2) is 5.14. The topological polar surface area (TPSA) is 55.9 Å². The van der Waals surface area contributed by atoms with E-state index in [-0.39, 0.29) is 0 Å². The zero-order valence-corrected chi connectivity index (χ0v) is 10.5. The lowest BCUT2D eigenvalue weighted by Crippen LogP contribution is -2.11. The van der Waals surface area contributed by atoms with Gasteiger partial charge in [-0.15, -0.1) is 0 Å². The summed E-state index contributed by atoms with van der Waals surface area (Å²) in [4.78, 5) is 4.26. The van der Waals surface area contributed by atoms with Gasteiger partial charge in [0.1, 0.15) is 0 Å². The van der Waals surface area contributed by atoms with E-state index in [9.17, 15) is 0 Å². The molecule has 17 heavy (non-hydrogen) atoms. The number of nitrogens with one attached hydrogen (secondary N) is 1. The Hall–Kier alpha value is -1.62. The standard InChI is InChI=1S/C12H18N4O/c1-4-13-6-11-5-12(17-15-11)7-16-8-14-9(2)10(16)3/h5,8,13H,4,6-7H2,1-3H3. The number of nitrogens with zero attached hydrogens (tertiary/aromatic N) is 3. The highest BCUT2D eigenvalue weighted by molar-refractivity contribution is 5.12. The van der Waals surface area contributed by atoms with Gasteiger partial charge in [0.25, 0.3) is 0 Å². The monoisotopic (exact) mass is 234 g/mol. The normalized spacial score (nSPS) is 11.0. The van der Waals surface area contributed by atoms with Crippen molar-refractivity contribution in [2.45, 2.75) is 33.9 Å². The molecule has 2 aromatic rings. The largest absolute Gasteiger partial charge is 0.359 e. The lowest BCUT2D eigenvalue weighted by atomic mass is 10.3. The van der Waals surface area contributed by atoms with Gasteiger partial charge in [0.15, 0.2) is 5.76 Å². The fourth-order valence-electron chi connectivity index (χ4n) is 1.64. The van der Waals surface area contributed by atoms with Crippen molar-refractivity contribution >= 4 is 0 Å². The molecule has 1 N–H and O–H groups in total. The quantitative estimate of drug-likeness (QED) is 0.854. The first kappa shape index (κ1) is 11.9. The smallest absolute Gasteiger partial charge is 0.156 e. The Labute approximate surface area is 101 Å². The summed E-state index contributed by atoms with van der Waals surface area (Å²) < 4.78 is 7.35. The molecule has 0 saturated carbocycles. The lowest BCUT2D eigenvalue weighted by Gasteiger charge is -2.00. The van der Waals surface area contributed by atoms with Gasteiger partial charge in [-0.05, 0) is 20.4 Å². The van der Waals surface area contributed by atoms with E-state index in [2.05, 4.69) is 33.9 Å². The van der Waals surface area contributed by atoms with E-state index in [1.54, 1.807) is 0 Å². The molecule has 0 atom stereocenters. The maximum Gasteiger partial charge on any atom is 0.156 e. The molecule has 0 saturated heterocycles. The first-order valence-corrected chi connectivity index (χ1v) is 5.84. The summed E-state index contributed by atoms with van der Waals surface area (Å²) in [5.74, 6) is 0.860. The van der Waals surface area contributed by atoms with E-state index in [0.29, 0.717) is 6.54 Å². The maximum absolute atomic E-state index is 5.29. The van der Waals surface area contributed by atoms with Crippen LogP contribution in [0.4, 0.5) is 0 Å². The summed E-state index contributed by atoms with van der Waals surface area (Å²) in [6, 6.07) is 1.98. The fraction of sp³-hybridized carbons (Fsp3) is 0.500. The van der Waals surface area contributed by atoms with Crippen LogP contribution in [0.3, 0.4) is 0 Å². The summed E-state index contributed by atoms with van der Waals surface area (Å²) in [6.07, 6.45) is 1.83. The van der Waals surface area contributed by atoms with Crippen molar-refractivity contribution in [3.63, 3.8) is 0 Å². The number of rotatable bonds is 5. The third kappa shape index (κ3) is 2.74. The molecule has 0 radical (unpaired) electrons. The predicted molar refractivity (Wildman–Crippen MR) is 64.7 cm³/mol. The molecule has 2 heterocycles. The predicted octanol–water partition coefficient (Wildman–Crippen LogP) is 1.65. The molecular weight excluding hydrogens is 216 g/mol. The summed E-state index contributed by atoms with van der Waals surface area (Å²) in [6.45, 7) is 8.50. The zero-order chi connectivity index (χ0) is 12.3. The zero-order valence-electron chi connectivity index (χ0n) is 10.5. The first-order valence-electron chi connectivity index (χ1n) is 5.84. The highest BCUT2D eigenvalue weighted by Crippen LogP contribution is 2.10. The van der Waals surface area contributed by atoms with Crippen LogP contribution in [-0.4, -0.2) is 21.3 Å². The maximum atomic E-state index is 5.29. The van der Waals surface area contributed by atoms with Crippen LogP contribution in [0.2, 0.25) is 0 Å². The van der Waals surface area contributed by atoms with Crippen molar-refractivity contribution in [1.82, 2.24) is 20.0 Å². The van der Waals surface area contributed by atoms with Crippen LogP contribution < -0.4 is 5.32 Å². The van der Waals surface area contributed by atoms with Crippen LogP contribution in [0.25, 0.3) is 0 Å². The molecule has 5 heteroatoms. The van der Waals surface area contributed by atoms with Gasteiger partial charge in [0.2, 0.25) is 0 Å². The van der Waals surface area contributed by atoms with Crippen LogP contribution in [0.5, 0.6) is 0 Å². The third-order valence-electron chi connectivity index (χ3n) is 2.84. The molecule has 0 spiro atoms. The molecule has 0 aliphatic heterocycles. The van der Waals surface area contributed by atoms with Crippen molar-refractivity contribution in [1.29, 1.82) is 0 Å². The Bertz CT molecular complexity index is 486. The molecule has 0 aromatic carbocycles. The van der Waals surface area contributed by atoms with E-state index in [4.69, 9.17) is 4.52 Å². The van der Waals surface area contributed by atoms with Gasteiger partial charge in [0.05, 0.1) is 24.3 Å². The number of imidazole rings is 1. The Balaban J connectivity index is 2.04. The summed E-state index contributed by atoms with van der Waals surface area (Å²) in [5, 5.41) is 7.23. The van der Waals surface area contributed by atoms with Gasteiger partial charge in [-0.1, -0.05) is 12.1 Å². The van der Waals surface area contributed by atoms with Crippen molar-refractivity contribution in [3.8, 4) is 0 Å². The minimum atomic E-state index is 0.686. The first-order chi connectivity index (χ1) is 8.20. The van der Waals surface area contributed by atoms with E-state index < -0.39 is 0 Å². The van der Waals surface area contributed by atoms with E-state index in [0.717, 1.165) is 35.9 Å². The average Bonchev–Trinajstić information content (AvgIpc) is 2.89. The summed E-state index contributed by atoms with van der Waals surface area (Å²) in [7, 11) is 0. The molecule has 0 amide bonds. The SMILES string of the molecule is CCNCc1cc(Cn2cnc(C)c2C)on1. The number of aryl methyl sites for hydroxylation is 1. The second-order valence-corrected chi connectivity index (χ2v) is 4.11. The van der Waals surface area contributed by atoms with Gasteiger partial charge in [0, 0.05) is 18.3 Å². The van der Waals surface area contributed by atoms with Crippen LogP contribution in [-0.2, 0) is 13.1 Å². The Morgan fingerprint density at radius 3 is 2.88 bits per heavy atom. The minimum Gasteiger partial charge on any atom is -0.359 e. The number of hydrogen-bond donors (Lipinski definition) is 1. The van der Waals surface area contributed by atoms with Crippen molar-refractivity contribution in [3.05, 3.63) is 35.2 Å². The van der Waals surface area contributed by atoms with Gasteiger partial charge in [-0.3, -0.25) is 0 Å². The average molecular weight is 234 g/mol. The van der Waals surface area contributed by atoms with Crippen LogP contribution >= 0.6 is 0 Å². The summed E-state index contributed by atoms with van der Waals surface area (Å²) in [5.41, 5.74) is 3.16. The molecule has 0 fully saturated rings. The van der Waals surface area contributed by atoms with Gasteiger partial charge in [-0.2, -0.15) is 0 Å². The van der Waals surface area contributed by atoms with Gasteiger partial charge >= 0.3 is 0 Å². The summed E-state index contributed by atoms with van der Waals surface area (Å²) >= 11 is 0. The molecule has 0 unspecified atom stereocenters. The third-order valence-corrected chi connectivity index (χ3v) is 2.84. The molecule has 0 bridgehead atoms. The lowest BCUT2D eigenvalue weighted by molar-refractivity contribution is 0.368. The van der Waals surface area contributed by atoms with Gasteiger partial charge in [-0.25, -0.2) is 4.98 Å².